The first-order valence-corrected chi connectivity index (χ1v) is 8.48. The zero-order valence-electron chi connectivity index (χ0n) is 12.8. The van der Waals surface area contributed by atoms with Gasteiger partial charge in [-0.1, -0.05) is 12.8 Å². The number of aromatic nitrogens is 1. The minimum atomic E-state index is -1.12. The fraction of sp³-hybridized carbons (Fsp3) is 0.438. The van der Waals surface area contributed by atoms with E-state index in [0.29, 0.717) is 30.2 Å². The van der Waals surface area contributed by atoms with E-state index in [1.807, 2.05) is 16.8 Å². The molecule has 3 rings (SSSR count). The molecule has 0 radical (unpaired) electrons. The lowest BCUT2D eigenvalue weighted by Gasteiger charge is -2.25. The van der Waals surface area contributed by atoms with Gasteiger partial charge in [0.25, 0.3) is 0 Å². The lowest BCUT2D eigenvalue weighted by molar-refractivity contribution is -0.147. The number of aryl methyl sites for hydroxylation is 1. The number of thiophene rings is 1. The molecule has 0 aliphatic heterocycles. The van der Waals surface area contributed by atoms with Gasteiger partial charge >= 0.3 is 5.97 Å². The van der Waals surface area contributed by atoms with E-state index in [4.69, 9.17) is 4.42 Å². The van der Waals surface area contributed by atoms with Crippen molar-refractivity contribution in [1.82, 2.24) is 10.3 Å². The Morgan fingerprint density at radius 1 is 1.43 bits per heavy atom. The maximum Gasteiger partial charge on any atom is 0.329 e. The van der Waals surface area contributed by atoms with E-state index in [1.54, 1.807) is 18.3 Å². The molecule has 2 heterocycles. The molecule has 2 aromatic rings. The number of carboxylic acid groups (broad SMARTS) is 1. The highest BCUT2D eigenvalue weighted by atomic mass is 32.1. The number of hydrogen-bond acceptors (Lipinski definition) is 5. The van der Waals surface area contributed by atoms with Gasteiger partial charge in [-0.05, 0) is 31.2 Å². The average molecular weight is 334 g/mol. The van der Waals surface area contributed by atoms with Crippen LogP contribution < -0.4 is 5.32 Å². The Morgan fingerprint density at radius 3 is 2.78 bits per heavy atom. The molecule has 122 valence electrons. The maximum atomic E-state index is 12.3. The van der Waals surface area contributed by atoms with Crippen molar-refractivity contribution in [2.75, 3.05) is 0 Å². The minimum Gasteiger partial charge on any atom is -0.480 e. The van der Waals surface area contributed by atoms with Crippen LogP contribution in [0, 0.1) is 6.92 Å². The molecule has 1 saturated carbocycles. The zero-order chi connectivity index (χ0) is 16.4. The summed E-state index contributed by atoms with van der Waals surface area (Å²) in [4.78, 5) is 28.1. The van der Waals surface area contributed by atoms with Gasteiger partial charge in [-0.25, -0.2) is 9.78 Å². The first-order chi connectivity index (χ1) is 11.0. The molecule has 0 atom stereocenters. The van der Waals surface area contributed by atoms with Crippen molar-refractivity contribution in [3.05, 3.63) is 28.3 Å². The van der Waals surface area contributed by atoms with Gasteiger partial charge in [0.15, 0.2) is 0 Å². The maximum absolute atomic E-state index is 12.3. The summed E-state index contributed by atoms with van der Waals surface area (Å²) >= 11 is 1.54. The number of hydrogen-bond donors (Lipinski definition) is 2. The SMILES string of the molecule is Cc1oc(-c2ccsc2)nc1CC(=O)NC1(C(=O)O)CCCC1. The first kappa shape index (κ1) is 15.7. The van der Waals surface area contributed by atoms with Gasteiger partial charge in [-0.2, -0.15) is 11.3 Å². The van der Waals surface area contributed by atoms with Gasteiger partial charge in [-0.3, -0.25) is 4.79 Å². The van der Waals surface area contributed by atoms with Crippen LogP contribution in [0.5, 0.6) is 0 Å². The molecule has 1 amide bonds. The van der Waals surface area contributed by atoms with E-state index in [-0.39, 0.29) is 12.3 Å². The molecule has 0 spiro atoms. The van der Waals surface area contributed by atoms with Gasteiger partial charge < -0.3 is 14.8 Å². The predicted molar refractivity (Wildman–Crippen MR) is 85.2 cm³/mol. The molecule has 2 N–H and O–H groups in total. The van der Waals surface area contributed by atoms with Crippen LogP contribution in [-0.2, 0) is 16.0 Å². The van der Waals surface area contributed by atoms with Crippen molar-refractivity contribution in [1.29, 1.82) is 0 Å². The minimum absolute atomic E-state index is 0.0223. The van der Waals surface area contributed by atoms with Crippen LogP contribution in [0.4, 0.5) is 0 Å². The summed E-state index contributed by atoms with van der Waals surface area (Å²) in [5, 5.41) is 16.0. The van der Waals surface area contributed by atoms with Crippen LogP contribution in [0.25, 0.3) is 11.5 Å². The number of nitrogens with one attached hydrogen (secondary N) is 1. The van der Waals surface area contributed by atoms with Gasteiger partial charge in [0.1, 0.15) is 11.3 Å². The topological polar surface area (TPSA) is 92.4 Å². The fourth-order valence-corrected chi connectivity index (χ4v) is 3.57. The van der Waals surface area contributed by atoms with Crippen LogP contribution in [0.3, 0.4) is 0 Å². The smallest absolute Gasteiger partial charge is 0.329 e. The number of amides is 1. The lowest BCUT2D eigenvalue weighted by Crippen LogP contribution is -2.53. The molecule has 0 aromatic carbocycles. The Kier molecular flexibility index (Phi) is 4.21. The number of carbonyl (C=O) groups excluding carboxylic acids is 1. The molecule has 23 heavy (non-hydrogen) atoms. The highest BCUT2D eigenvalue weighted by molar-refractivity contribution is 7.08. The van der Waals surface area contributed by atoms with E-state index >= 15 is 0 Å². The summed E-state index contributed by atoms with van der Waals surface area (Å²) in [6.07, 6.45) is 2.61. The van der Waals surface area contributed by atoms with Crippen LogP contribution in [0.1, 0.15) is 37.1 Å². The summed E-state index contributed by atoms with van der Waals surface area (Å²) < 4.78 is 5.60. The standard InChI is InChI=1S/C16H18N2O4S/c1-10-12(17-14(22-10)11-4-7-23-9-11)8-13(19)18-16(15(20)21)5-2-3-6-16/h4,7,9H,2-3,5-6,8H2,1H3,(H,18,19)(H,20,21). The highest BCUT2D eigenvalue weighted by Gasteiger charge is 2.42. The Labute approximate surface area is 137 Å². The van der Waals surface area contributed by atoms with Gasteiger partial charge in [0.05, 0.1) is 12.1 Å². The third-order valence-electron chi connectivity index (χ3n) is 4.23. The Bertz CT molecular complexity index is 715. The summed E-state index contributed by atoms with van der Waals surface area (Å²) in [5.41, 5.74) is 0.301. The third kappa shape index (κ3) is 3.14. The average Bonchev–Trinajstić information content (AvgIpc) is 3.21. The second-order valence-corrected chi connectivity index (χ2v) is 6.63. The molecular formula is C16H18N2O4S. The predicted octanol–water partition coefficient (Wildman–Crippen LogP) is 2.77. The first-order valence-electron chi connectivity index (χ1n) is 7.53. The van der Waals surface area contributed by atoms with E-state index in [9.17, 15) is 14.7 Å². The van der Waals surface area contributed by atoms with Crippen LogP contribution in [0.2, 0.25) is 0 Å². The molecule has 1 fully saturated rings. The second-order valence-electron chi connectivity index (χ2n) is 5.85. The third-order valence-corrected chi connectivity index (χ3v) is 4.92. The molecule has 1 aliphatic rings. The van der Waals surface area contributed by atoms with Crippen molar-refractivity contribution < 1.29 is 19.1 Å². The van der Waals surface area contributed by atoms with E-state index in [0.717, 1.165) is 18.4 Å². The highest BCUT2D eigenvalue weighted by Crippen LogP contribution is 2.30. The van der Waals surface area contributed by atoms with Crippen molar-refractivity contribution in [2.24, 2.45) is 0 Å². The normalized spacial score (nSPS) is 16.4. The number of nitrogens with zero attached hydrogens (tertiary/aromatic N) is 1. The molecule has 6 nitrogen and oxygen atoms in total. The number of oxazole rings is 1. The number of aliphatic carboxylic acids is 1. The summed E-state index contributed by atoms with van der Waals surface area (Å²) in [7, 11) is 0. The van der Waals surface area contributed by atoms with Gasteiger partial charge in [-0.15, -0.1) is 0 Å². The van der Waals surface area contributed by atoms with Crippen molar-refractivity contribution in [2.45, 2.75) is 44.6 Å². The summed E-state index contributed by atoms with van der Waals surface area (Å²) in [6.45, 7) is 1.76. The molecule has 2 aromatic heterocycles. The second kappa shape index (κ2) is 6.16. The Balaban J connectivity index is 1.72. The Hall–Kier alpha value is -2.15. The van der Waals surface area contributed by atoms with Crippen LogP contribution >= 0.6 is 11.3 Å². The van der Waals surface area contributed by atoms with Crippen molar-refractivity contribution in [3.8, 4) is 11.5 Å². The monoisotopic (exact) mass is 334 g/mol. The van der Waals surface area contributed by atoms with Crippen LogP contribution in [-0.4, -0.2) is 27.5 Å². The van der Waals surface area contributed by atoms with Crippen molar-refractivity contribution >= 4 is 23.2 Å². The van der Waals surface area contributed by atoms with E-state index < -0.39 is 11.5 Å². The van der Waals surface area contributed by atoms with Gasteiger partial charge in [0, 0.05) is 10.9 Å². The van der Waals surface area contributed by atoms with Crippen LogP contribution in [0.15, 0.2) is 21.2 Å². The number of rotatable bonds is 5. The fourth-order valence-electron chi connectivity index (χ4n) is 2.94. The quantitative estimate of drug-likeness (QED) is 0.877. The molecule has 0 unspecified atom stereocenters. The molecular weight excluding hydrogens is 316 g/mol. The van der Waals surface area contributed by atoms with Crippen molar-refractivity contribution in [3.63, 3.8) is 0 Å². The molecule has 7 heteroatoms. The largest absolute Gasteiger partial charge is 0.480 e. The number of carbonyl (C=O) groups is 2. The van der Waals surface area contributed by atoms with E-state index in [1.165, 1.54) is 0 Å². The molecule has 1 aliphatic carbocycles. The Morgan fingerprint density at radius 2 is 2.17 bits per heavy atom. The lowest BCUT2D eigenvalue weighted by atomic mass is 9.97. The van der Waals surface area contributed by atoms with E-state index in [2.05, 4.69) is 10.3 Å². The summed E-state index contributed by atoms with van der Waals surface area (Å²) in [6, 6.07) is 1.90. The van der Waals surface area contributed by atoms with Gasteiger partial charge in [0.2, 0.25) is 11.8 Å². The molecule has 0 bridgehead atoms. The summed E-state index contributed by atoms with van der Waals surface area (Å²) in [5.74, 6) is -0.223. The number of carboxylic acids is 1. The molecule has 0 saturated heterocycles. The zero-order valence-corrected chi connectivity index (χ0v) is 13.6.